The van der Waals surface area contributed by atoms with E-state index in [-0.39, 0.29) is 23.7 Å². The molecule has 2 aromatic carbocycles. The van der Waals surface area contributed by atoms with Crippen LogP contribution in [0.4, 0.5) is 5.69 Å². The number of aromatic hydroxyl groups is 1. The monoisotopic (exact) mass is 399 g/mol. The Kier molecular flexibility index (Phi) is 6.33. The minimum atomic E-state index is -0.801. The summed E-state index contributed by atoms with van der Waals surface area (Å²) in [5.41, 5.74) is 2.08. The van der Waals surface area contributed by atoms with Crippen LogP contribution >= 0.6 is 0 Å². The minimum Gasteiger partial charge on any atom is -0.508 e. The maximum absolute atomic E-state index is 11.5. The molecule has 1 aliphatic heterocycles. The number of benzene rings is 2. The number of rotatable bonds is 8. The highest BCUT2D eigenvalue weighted by Crippen LogP contribution is 2.41. The number of phenols is 1. The maximum atomic E-state index is 11.5. The number of amides is 1. The van der Waals surface area contributed by atoms with Crippen molar-refractivity contribution in [2.45, 2.75) is 46.1 Å². The molecule has 156 valence electrons. The standard InChI is InChI=1S/C23H29NO5/c1-4-28-17-7-5-15(6-8-17)13-23(2,3)10-9-20(26)18-11-16(25)12-19-22(18)29-14-21(27)24-19/h5-8,11-12,20,25-26H,4,9-10,13-14H2,1-3H3,(H,24,27)/t20-/m0/s1. The summed E-state index contributed by atoms with van der Waals surface area (Å²) >= 11 is 0. The smallest absolute Gasteiger partial charge is 0.262 e. The van der Waals surface area contributed by atoms with Crippen molar-refractivity contribution < 1.29 is 24.5 Å². The van der Waals surface area contributed by atoms with Gasteiger partial charge in [-0.05, 0) is 55.4 Å². The molecule has 0 spiro atoms. The van der Waals surface area contributed by atoms with Crippen molar-refractivity contribution in [2.75, 3.05) is 18.5 Å². The van der Waals surface area contributed by atoms with Gasteiger partial charge in [-0.1, -0.05) is 26.0 Å². The van der Waals surface area contributed by atoms with Gasteiger partial charge in [0.15, 0.2) is 6.61 Å². The minimum absolute atomic E-state index is 0.0164. The highest BCUT2D eigenvalue weighted by Gasteiger charge is 2.26. The van der Waals surface area contributed by atoms with E-state index in [9.17, 15) is 15.0 Å². The summed E-state index contributed by atoms with van der Waals surface area (Å²) < 4.78 is 11.0. The number of anilines is 1. The zero-order valence-corrected chi connectivity index (χ0v) is 17.2. The van der Waals surface area contributed by atoms with Gasteiger partial charge >= 0.3 is 0 Å². The lowest BCUT2D eigenvalue weighted by molar-refractivity contribution is -0.118. The number of aliphatic hydroxyl groups is 1. The largest absolute Gasteiger partial charge is 0.508 e. The molecular formula is C23H29NO5. The molecule has 0 saturated heterocycles. The topological polar surface area (TPSA) is 88.0 Å². The van der Waals surface area contributed by atoms with Gasteiger partial charge in [-0.3, -0.25) is 4.79 Å². The number of hydrogen-bond donors (Lipinski definition) is 3. The molecule has 3 N–H and O–H groups in total. The van der Waals surface area contributed by atoms with Crippen LogP contribution in [0, 0.1) is 5.41 Å². The summed E-state index contributed by atoms with van der Waals surface area (Å²) in [4.78, 5) is 11.5. The summed E-state index contributed by atoms with van der Waals surface area (Å²) in [5, 5.41) is 23.4. The molecule has 3 rings (SSSR count). The predicted molar refractivity (Wildman–Crippen MR) is 112 cm³/mol. The number of phenolic OH excluding ortho intramolecular Hbond substituents is 1. The number of ether oxygens (including phenoxy) is 2. The van der Waals surface area contributed by atoms with Gasteiger partial charge in [0, 0.05) is 11.6 Å². The van der Waals surface area contributed by atoms with Crippen LogP contribution in [-0.2, 0) is 11.2 Å². The highest BCUT2D eigenvalue weighted by atomic mass is 16.5. The second-order valence-electron chi connectivity index (χ2n) is 8.22. The van der Waals surface area contributed by atoms with Gasteiger partial charge in [-0.2, -0.15) is 0 Å². The summed E-state index contributed by atoms with van der Waals surface area (Å²) in [7, 11) is 0. The van der Waals surface area contributed by atoms with Crippen molar-refractivity contribution in [1.29, 1.82) is 0 Å². The summed E-state index contributed by atoms with van der Waals surface area (Å²) in [6, 6.07) is 11.0. The zero-order chi connectivity index (χ0) is 21.0. The average molecular weight is 399 g/mol. The van der Waals surface area contributed by atoms with Crippen LogP contribution < -0.4 is 14.8 Å². The number of nitrogens with one attached hydrogen (secondary N) is 1. The molecule has 1 atom stereocenters. The quantitative estimate of drug-likeness (QED) is 0.619. The Balaban J connectivity index is 1.65. The van der Waals surface area contributed by atoms with Crippen molar-refractivity contribution in [3.8, 4) is 17.2 Å². The summed E-state index contributed by atoms with van der Waals surface area (Å²) in [5.74, 6) is 1.00. The first-order valence-electron chi connectivity index (χ1n) is 9.97. The molecule has 0 aliphatic carbocycles. The Morgan fingerprint density at radius 3 is 2.66 bits per heavy atom. The van der Waals surface area contributed by atoms with Crippen LogP contribution in [0.5, 0.6) is 17.2 Å². The molecular weight excluding hydrogens is 370 g/mol. The summed E-state index contributed by atoms with van der Waals surface area (Å²) in [6.45, 7) is 6.86. The zero-order valence-electron chi connectivity index (χ0n) is 17.2. The molecule has 1 amide bonds. The third-order valence-corrected chi connectivity index (χ3v) is 5.09. The van der Waals surface area contributed by atoms with Crippen LogP contribution in [0.3, 0.4) is 0 Å². The molecule has 6 nitrogen and oxygen atoms in total. The Morgan fingerprint density at radius 2 is 1.97 bits per heavy atom. The normalized spacial score (nSPS) is 14.6. The molecule has 0 unspecified atom stereocenters. The summed E-state index contributed by atoms with van der Waals surface area (Å²) in [6.07, 6.45) is 1.36. The van der Waals surface area contributed by atoms with E-state index in [2.05, 4.69) is 31.3 Å². The molecule has 0 saturated carbocycles. The fourth-order valence-corrected chi connectivity index (χ4v) is 3.66. The number of aliphatic hydroxyl groups excluding tert-OH is 1. The second-order valence-corrected chi connectivity index (χ2v) is 8.22. The molecule has 1 heterocycles. The number of carbonyl (C=O) groups excluding carboxylic acids is 1. The van der Waals surface area contributed by atoms with E-state index in [1.54, 1.807) is 0 Å². The first kappa shape index (κ1) is 21.0. The van der Waals surface area contributed by atoms with Gasteiger partial charge in [0.1, 0.15) is 17.2 Å². The second kappa shape index (κ2) is 8.74. The fourth-order valence-electron chi connectivity index (χ4n) is 3.66. The molecule has 1 aliphatic rings. The van der Waals surface area contributed by atoms with Crippen molar-refractivity contribution in [3.05, 3.63) is 47.5 Å². The average Bonchev–Trinajstić information content (AvgIpc) is 2.66. The lowest BCUT2D eigenvalue weighted by Crippen LogP contribution is -2.26. The van der Waals surface area contributed by atoms with Crippen LogP contribution in [0.1, 0.15) is 50.8 Å². The Labute approximate surface area is 171 Å². The van der Waals surface area contributed by atoms with Crippen LogP contribution in [0.15, 0.2) is 36.4 Å². The number of hydrogen-bond acceptors (Lipinski definition) is 5. The van der Waals surface area contributed by atoms with Crippen molar-refractivity contribution in [1.82, 2.24) is 0 Å². The van der Waals surface area contributed by atoms with Gasteiger partial charge in [0.2, 0.25) is 0 Å². The third kappa shape index (κ3) is 5.41. The van der Waals surface area contributed by atoms with Crippen molar-refractivity contribution in [3.63, 3.8) is 0 Å². The molecule has 0 aromatic heterocycles. The molecule has 0 radical (unpaired) electrons. The SMILES string of the molecule is CCOc1ccc(CC(C)(C)CC[C@H](O)c2cc(O)cc3c2OCC(=O)N3)cc1. The van der Waals surface area contributed by atoms with E-state index in [0.717, 1.165) is 18.6 Å². The third-order valence-electron chi connectivity index (χ3n) is 5.09. The van der Waals surface area contributed by atoms with E-state index in [1.165, 1.54) is 17.7 Å². The van der Waals surface area contributed by atoms with Gasteiger partial charge in [0.25, 0.3) is 5.91 Å². The first-order chi connectivity index (χ1) is 13.8. The number of carbonyl (C=O) groups is 1. The molecule has 0 bridgehead atoms. The lowest BCUT2D eigenvalue weighted by Gasteiger charge is -2.28. The molecule has 29 heavy (non-hydrogen) atoms. The Bertz CT molecular complexity index is 860. The van der Waals surface area contributed by atoms with E-state index in [0.29, 0.717) is 30.0 Å². The Hall–Kier alpha value is -2.73. The van der Waals surface area contributed by atoms with E-state index >= 15 is 0 Å². The van der Waals surface area contributed by atoms with E-state index < -0.39 is 6.10 Å². The fraction of sp³-hybridized carbons (Fsp3) is 0.435. The first-order valence-corrected chi connectivity index (χ1v) is 9.97. The van der Waals surface area contributed by atoms with Gasteiger partial charge < -0.3 is 25.0 Å². The molecule has 2 aromatic rings. The van der Waals surface area contributed by atoms with Gasteiger partial charge in [-0.15, -0.1) is 0 Å². The lowest BCUT2D eigenvalue weighted by atomic mass is 9.80. The van der Waals surface area contributed by atoms with E-state index in [4.69, 9.17) is 9.47 Å². The molecule has 0 fully saturated rings. The number of fused-ring (bicyclic) bond motifs is 1. The van der Waals surface area contributed by atoms with E-state index in [1.807, 2.05) is 19.1 Å². The Morgan fingerprint density at radius 1 is 1.24 bits per heavy atom. The van der Waals surface area contributed by atoms with Gasteiger partial charge in [-0.25, -0.2) is 0 Å². The molecule has 6 heteroatoms. The van der Waals surface area contributed by atoms with Crippen LogP contribution in [0.25, 0.3) is 0 Å². The highest BCUT2D eigenvalue weighted by molar-refractivity contribution is 5.96. The van der Waals surface area contributed by atoms with Crippen LogP contribution in [-0.4, -0.2) is 29.3 Å². The van der Waals surface area contributed by atoms with Crippen molar-refractivity contribution >= 4 is 11.6 Å². The van der Waals surface area contributed by atoms with Gasteiger partial charge in [0.05, 0.1) is 18.4 Å². The maximum Gasteiger partial charge on any atom is 0.262 e. The van der Waals surface area contributed by atoms with Crippen LogP contribution in [0.2, 0.25) is 0 Å². The van der Waals surface area contributed by atoms with Crippen molar-refractivity contribution in [2.24, 2.45) is 5.41 Å². The predicted octanol–water partition coefficient (Wildman–Crippen LogP) is 4.20.